The van der Waals surface area contributed by atoms with Gasteiger partial charge in [0.25, 0.3) is 5.91 Å². The standard InChI is InChI=1S/C14H19NO5/c1-9-5-4-6-10(2)13(9)20-8-12(16)15-11(7-19-3)14(17)18/h4-6,11H,7-8H2,1-3H3,(H,15,16)(H,17,18). The van der Waals surface area contributed by atoms with Crippen molar-refractivity contribution >= 4 is 11.9 Å². The van der Waals surface area contributed by atoms with E-state index in [0.717, 1.165) is 11.1 Å². The largest absolute Gasteiger partial charge is 0.483 e. The van der Waals surface area contributed by atoms with Crippen molar-refractivity contribution in [1.82, 2.24) is 5.32 Å². The van der Waals surface area contributed by atoms with Crippen LogP contribution >= 0.6 is 0 Å². The van der Waals surface area contributed by atoms with Gasteiger partial charge in [0.2, 0.25) is 0 Å². The van der Waals surface area contributed by atoms with E-state index in [2.05, 4.69) is 5.32 Å². The molecule has 0 aromatic heterocycles. The number of carbonyl (C=O) groups is 2. The fraction of sp³-hybridized carbons (Fsp3) is 0.429. The minimum atomic E-state index is -1.15. The Morgan fingerprint density at radius 3 is 2.40 bits per heavy atom. The Labute approximate surface area is 117 Å². The molecule has 1 aromatic carbocycles. The summed E-state index contributed by atoms with van der Waals surface area (Å²) in [6, 6.07) is 4.58. The summed E-state index contributed by atoms with van der Waals surface area (Å²) in [7, 11) is 1.37. The average molecular weight is 281 g/mol. The van der Waals surface area contributed by atoms with Gasteiger partial charge in [0.1, 0.15) is 5.75 Å². The van der Waals surface area contributed by atoms with Crippen molar-refractivity contribution < 1.29 is 24.2 Å². The summed E-state index contributed by atoms with van der Waals surface area (Å²) < 4.78 is 10.2. The highest BCUT2D eigenvalue weighted by Crippen LogP contribution is 2.21. The second kappa shape index (κ2) is 7.49. The molecule has 110 valence electrons. The normalized spacial score (nSPS) is 11.8. The highest BCUT2D eigenvalue weighted by Gasteiger charge is 2.20. The summed E-state index contributed by atoms with van der Waals surface area (Å²) in [5.41, 5.74) is 1.84. The molecule has 1 unspecified atom stereocenters. The molecule has 0 radical (unpaired) electrons. The number of carbonyl (C=O) groups excluding carboxylic acids is 1. The third kappa shape index (κ3) is 4.55. The Kier molecular flexibility index (Phi) is 5.99. The Morgan fingerprint density at radius 2 is 1.90 bits per heavy atom. The topological polar surface area (TPSA) is 84.9 Å². The molecule has 0 fully saturated rings. The van der Waals surface area contributed by atoms with Crippen molar-refractivity contribution in [3.63, 3.8) is 0 Å². The van der Waals surface area contributed by atoms with Crippen LogP contribution in [-0.4, -0.2) is 43.3 Å². The number of ether oxygens (including phenoxy) is 2. The van der Waals surface area contributed by atoms with E-state index < -0.39 is 17.9 Å². The summed E-state index contributed by atoms with van der Waals surface area (Å²) >= 11 is 0. The monoisotopic (exact) mass is 281 g/mol. The lowest BCUT2D eigenvalue weighted by molar-refractivity contribution is -0.143. The quantitative estimate of drug-likeness (QED) is 0.775. The van der Waals surface area contributed by atoms with Crippen molar-refractivity contribution in [2.24, 2.45) is 0 Å². The molecule has 0 spiro atoms. The number of para-hydroxylation sites is 1. The molecule has 0 heterocycles. The van der Waals surface area contributed by atoms with Crippen molar-refractivity contribution in [2.45, 2.75) is 19.9 Å². The number of nitrogens with one attached hydrogen (secondary N) is 1. The number of aryl methyl sites for hydroxylation is 2. The molecule has 1 rings (SSSR count). The van der Waals surface area contributed by atoms with Gasteiger partial charge in [-0.15, -0.1) is 0 Å². The zero-order chi connectivity index (χ0) is 15.1. The lowest BCUT2D eigenvalue weighted by atomic mass is 10.1. The van der Waals surface area contributed by atoms with Gasteiger partial charge < -0.3 is 19.9 Å². The molecule has 0 saturated carbocycles. The number of benzene rings is 1. The van der Waals surface area contributed by atoms with Gasteiger partial charge in [-0.1, -0.05) is 18.2 Å². The van der Waals surface area contributed by atoms with E-state index in [0.29, 0.717) is 5.75 Å². The fourth-order valence-corrected chi connectivity index (χ4v) is 1.74. The van der Waals surface area contributed by atoms with Crippen molar-refractivity contribution in [3.05, 3.63) is 29.3 Å². The van der Waals surface area contributed by atoms with Gasteiger partial charge in [0.05, 0.1) is 6.61 Å². The van der Waals surface area contributed by atoms with Gasteiger partial charge in [-0.05, 0) is 25.0 Å². The SMILES string of the molecule is COCC(NC(=O)COc1c(C)cccc1C)C(=O)O. The second-order valence-electron chi connectivity index (χ2n) is 4.42. The predicted molar refractivity (Wildman–Crippen MR) is 72.9 cm³/mol. The first-order chi connectivity index (χ1) is 9.45. The maximum Gasteiger partial charge on any atom is 0.328 e. The highest BCUT2D eigenvalue weighted by molar-refractivity contribution is 5.84. The first-order valence-corrected chi connectivity index (χ1v) is 6.15. The molecule has 0 aliphatic carbocycles. The predicted octanol–water partition coefficient (Wildman–Crippen LogP) is 0.898. The van der Waals surface area contributed by atoms with Crippen LogP contribution < -0.4 is 10.1 Å². The number of hydrogen-bond donors (Lipinski definition) is 2. The van der Waals surface area contributed by atoms with E-state index in [-0.39, 0.29) is 13.2 Å². The summed E-state index contributed by atoms with van der Waals surface area (Å²) in [6.45, 7) is 3.43. The van der Waals surface area contributed by atoms with E-state index in [1.165, 1.54) is 7.11 Å². The molecule has 6 heteroatoms. The van der Waals surface area contributed by atoms with Crippen LogP contribution in [-0.2, 0) is 14.3 Å². The maximum absolute atomic E-state index is 11.7. The second-order valence-corrected chi connectivity index (χ2v) is 4.42. The number of hydrogen-bond acceptors (Lipinski definition) is 4. The summed E-state index contributed by atoms with van der Waals surface area (Å²) in [5, 5.41) is 11.2. The van der Waals surface area contributed by atoms with Crippen molar-refractivity contribution in [3.8, 4) is 5.75 Å². The number of rotatable bonds is 7. The smallest absolute Gasteiger partial charge is 0.328 e. The van der Waals surface area contributed by atoms with Gasteiger partial charge in [0.15, 0.2) is 12.6 Å². The van der Waals surface area contributed by atoms with E-state index in [9.17, 15) is 9.59 Å². The Hall–Kier alpha value is -2.08. The van der Waals surface area contributed by atoms with Gasteiger partial charge in [0, 0.05) is 7.11 Å². The van der Waals surface area contributed by atoms with Crippen LogP contribution in [0.5, 0.6) is 5.75 Å². The number of carboxylic acids is 1. The summed E-state index contributed by atoms with van der Waals surface area (Å²) in [4.78, 5) is 22.5. The van der Waals surface area contributed by atoms with Crippen molar-refractivity contribution in [1.29, 1.82) is 0 Å². The molecule has 6 nitrogen and oxygen atoms in total. The Morgan fingerprint density at radius 1 is 1.30 bits per heavy atom. The molecule has 0 saturated heterocycles. The van der Waals surface area contributed by atoms with Crippen LogP contribution in [0.4, 0.5) is 0 Å². The molecule has 1 aromatic rings. The zero-order valence-electron chi connectivity index (χ0n) is 11.8. The number of carboxylic acid groups (broad SMARTS) is 1. The molecule has 0 aliphatic rings. The van der Waals surface area contributed by atoms with Gasteiger partial charge >= 0.3 is 5.97 Å². The summed E-state index contributed by atoms with van der Waals surface area (Å²) in [6.07, 6.45) is 0. The van der Waals surface area contributed by atoms with Crippen LogP contribution in [0.2, 0.25) is 0 Å². The van der Waals surface area contributed by atoms with Gasteiger partial charge in [-0.3, -0.25) is 4.79 Å². The summed E-state index contributed by atoms with van der Waals surface area (Å²) in [5.74, 6) is -1.01. The maximum atomic E-state index is 11.7. The molecular formula is C14H19NO5. The van der Waals surface area contributed by atoms with E-state index in [1.807, 2.05) is 32.0 Å². The average Bonchev–Trinajstić information content (AvgIpc) is 2.37. The van der Waals surface area contributed by atoms with E-state index in [1.54, 1.807) is 0 Å². The minimum absolute atomic E-state index is 0.0928. The molecule has 20 heavy (non-hydrogen) atoms. The Balaban J connectivity index is 2.57. The first kappa shape index (κ1) is 16.0. The van der Waals surface area contributed by atoms with Gasteiger partial charge in [-0.25, -0.2) is 4.79 Å². The molecule has 1 amide bonds. The molecular weight excluding hydrogens is 262 g/mol. The third-order valence-electron chi connectivity index (χ3n) is 2.72. The third-order valence-corrected chi connectivity index (χ3v) is 2.72. The fourth-order valence-electron chi connectivity index (χ4n) is 1.74. The minimum Gasteiger partial charge on any atom is -0.483 e. The Bertz CT molecular complexity index is 466. The number of amides is 1. The molecule has 0 aliphatic heterocycles. The van der Waals surface area contributed by atoms with E-state index >= 15 is 0 Å². The lowest BCUT2D eigenvalue weighted by Gasteiger charge is -2.15. The van der Waals surface area contributed by atoms with Crippen LogP contribution in [0.25, 0.3) is 0 Å². The molecule has 1 atom stereocenters. The molecule has 0 bridgehead atoms. The first-order valence-electron chi connectivity index (χ1n) is 6.15. The zero-order valence-corrected chi connectivity index (χ0v) is 11.8. The van der Waals surface area contributed by atoms with Crippen LogP contribution in [0.15, 0.2) is 18.2 Å². The molecule has 2 N–H and O–H groups in total. The van der Waals surface area contributed by atoms with Crippen molar-refractivity contribution in [2.75, 3.05) is 20.3 Å². The number of methoxy groups -OCH3 is 1. The highest BCUT2D eigenvalue weighted by atomic mass is 16.5. The van der Waals surface area contributed by atoms with Gasteiger partial charge in [-0.2, -0.15) is 0 Å². The van der Waals surface area contributed by atoms with Crippen LogP contribution in [0.1, 0.15) is 11.1 Å². The van der Waals surface area contributed by atoms with E-state index in [4.69, 9.17) is 14.6 Å². The van der Waals surface area contributed by atoms with Crippen LogP contribution in [0, 0.1) is 13.8 Å². The number of aliphatic carboxylic acids is 1. The van der Waals surface area contributed by atoms with Crippen LogP contribution in [0.3, 0.4) is 0 Å². The lowest BCUT2D eigenvalue weighted by Crippen LogP contribution is -2.45.